The van der Waals surface area contributed by atoms with Crippen molar-refractivity contribution in [2.24, 2.45) is 0 Å². The highest BCUT2D eigenvalue weighted by Crippen LogP contribution is 2.20. The van der Waals surface area contributed by atoms with Gasteiger partial charge in [-0.05, 0) is 12.8 Å². The summed E-state index contributed by atoms with van der Waals surface area (Å²) in [6.45, 7) is 1.27. The Morgan fingerprint density at radius 1 is 1.35 bits per heavy atom. The third-order valence-corrected chi connectivity index (χ3v) is 3.06. The molecule has 0 aromatic heterocycles. The second-order valence-corrected chi connectivity index (χ2v) is 4.46. The monoisotopic (exact) mass is 244 g/mol. The molecule has 98 valence electrons. The lowest BCUT2D eigenvalue weighted by Gasteiger charge is -2.34. The van der Waals surface area contributed by atoms with Gasteiger partial charge in [0.1, 0.15) is 5.54 Å². The minimum atomic E-state index is -0.926. The van der Waals surface area contributed by atoms with E-state index in [0.29, 0.717) is 39.0 Å². The van der Waals surface area contributed by atoms with Gasteiger partial charge in [0.05, 0.1) is 0 Å². The summed E-state index contributed by atoms with van der Waals surface area (Å²) >= 11 is 0. The summed E-state index contributed by atoms with van der Waals surface area (Å²) in [5.41, 5.74) is -0.926. The van der Waals surface area contributed by atoms with Crippen molar-refractivity contribution in [2.45, 2.75) is 24.8 Å². The van der Waals surface area contributed by atoms with E-state index in [9.17, 15) is 14.7 Å². The minimum absolute atomic E-state index is 0.00917. The Kier molecular flexibility index (Phi) is 4.89. The number of carboxylic acid groups (broad SMARTS) is 1. The number of ether oxygens (including phenoxy) is 1. The van der Waals surface area contributed by atoms with Crippen LogP contribution in [0.4, 0.5) is 0 Å². The number of rotatable bonds is 5. The average molecular weight is 244 g/mol. The van der Waals surface area contributed by atoms with Gasteiger partial charge in [-0.1, -0.05) is 0 Å². The molecule has 1 rings (SSSR count). The summed E-state index contributed by atoms with van der Waals surface area (Å²) in [4.78, 5) is 24.1. The lowest BCUT2D eigenvalue weighted by molar-refractivity contribution is -0.149. The minimum Gasteiger partial charge on any atom is -0.480 e. The number of hydrogen-bond acceptors (Lipinski definition) is 4. The summed E-state index contributed by atoms with van der Waals surface area (Å²) in [5.74, 6) is -0.872. The zero-order valence-electron chi connectivity index (χ0n) is 10.4. The van der Waals surface area contributed by atoms with Crippen LogP contribution in [-0.2, 0) is 14.3 Å². The molecule has 17 heavy (non-hydrogen) atoms. The molecule has 6 heteroatoms. The van der Waals surface area contributed by atoms with Crippen molar-refractivity contribution in [2.75, 3.05) is 33.9 Å². The van der Waals surface area contributed by atoms with Crippen LogP contribution in [0.2, 0.25) is 0 Å². The third-order valence-electron chi connectivity index (χ3n) is 3.06. The molecule has 2 N–H and O–H groups in total. The summed E-state index contributed by atoms with van der Waals surface area (Å²) in [7, 11) is 3.37. The van der Waals surface area contributed by atoms with Crippen LogP contribution in [-0.4, -0.2) is 61.3 Å². The van der Waals surface area contributed by atoms with E-state index in [-0.39, 0.29) is 5.91 Å². The highest BCUT2D eigenvalue weighted by molar-refractivity contribution is 5.79. The van der Waals surface area contributed by atoms with Crippen LogP contribution in [0.15, 0.2) is 0 Å². The maximum absolute atomic E-state index is 11.4. The summed E-state index contributed by atoms with van der Waals surface area (Å²) in [6, 6.07) is 0. The molecular weight excluding hydrogens is 224 g/mol. The molecule has 0 spiro atoms. The maximum atomic E-state index is 11.4. The van der Waals surface area contributed by atoms with Gasteiger partial charge in [-0.2, -0.15) is 0 Å². The maximum Gasteiger partial charge on any atom is 0.324 e. The second-order valence-electron chi connectivity index (χ2n) is 4.46. The highest BCUT2D eigenvalue weighted by Gasteiger charge is 2.39. The van der Waals surface area contributed by atoms with Crippen molar-refractivity contribution in [3.63, 3.8) is 0 Å². The number of carbonyl (C=O) groups excluding carboxylic acids is 1. The average Bonchev–Trinajstić information content (AvgIpc) is 2.29. The summed E-state index contributed by atoms with van der Waals surface area (Å²) in [6.07, 6.45) is 1.19. The van der Waals surface area contributed by atoms with Gasteiger partial charge in [0.15, 0.2) is 0 Å². The van der Waals surface area contributed by atoms with E-state index in [2.05, 4.69) is 5.32 Å². The van der Waals surface area contributed by atoms with Crippen LogP contribution in [0.1, 0.15) is 19.3 Å². The van der Waals surface area contributed by atoms with Gasteiger partial charge in [-0.15, -0.1) is 0 Å². The van der Waals surface area contributed by atoms with Crippen LogP contribution >= 0.6 is 0 Å². The standard InChI is InChI=1S/C11H20N2O4/c1-13(2)9(14)3-6-12-11(10(15)16)4-7-17-8-5-11/h12H,3-8H2,1-2H3,(H,15,16). The topological polar surface area (TPSA) is 78.9 Å². The van der Waals surface area contributed by atoms with E-state index in [1.807, 2.05) is 0 Å². The fraction of sp³-hybridized carbons (Fsp3) is 0.818. The zero-order chi connectivity index (χ0) is 12.9. The van der Waals surface area contributed by atoms with Crippen molar-refractivity contribution in [1.29, 1.82) is 0 Å². The first-order valence-electron chi connectivity index (χ1n) is 5.74. The molecule has 1 saturated heterocycles. The smallest absolute Gasteiger partial charge is 0.324 e. The first-order valence-corrected chi connectivity index (χ1v) is 5.74. The van der Waals surface area contributed by atoms with E-state index in [1.54, 1.807) is 14.1 Å². The van der Waals surface area contributed by atoms with Crippen LogP contribution in [0.3, 0.4) is 0 Å². The molecule has 0 atom stereocenters. The molecule has 1 aliphatic rings. The Hall–Kier alpha value is -1.14. The van der Waals surface area contributed by atoms with E-state index >= 15 is 0 Å². The molecule has 0 saturated carbocycles. The molecular formula is C11H20N2O4. The van der Waals surface area contributed by atoms with Crippen LogP contribution in [0, 0.1) is 0 Å². The molecule has 6 nitrogen and oxygen atoms in total. The molecule has 0 aromatic rings. The molecule has 1 heterocycles. The van der Waals surface area contributed by atoms with Crippen LogP contribution in [0.25, 0.3) is 0 Å². The predicted molar refractivity (Wildman–Crippen MR) is 61.7 cm³/mol. The van der Waals surface area contributed by atoms with Gasteiger partial charge < -0.3 is 20.1 Å². The number of nitrogens with one attached hydrogen (secondary N) is 1. The number of carboxylic acids is 1. The lowest BCUT2D eigenvalue weighted by Crippen LogP contribution is -2.56. The van der Waals surface area contributed by atoms with Crippen molar-refractivity contribution in [3.05, 3.63) is 0 Å². The Bertz CT molecular complexity index is 285. The number of amides is 1. The largest absolute Gasteiger partial charge is 0.480 e. The zero-order valence-corrected chi connectivity index (χ0v) is 10.4. The number of aliphatic carboxylic acids is 1. The first kappa shape index (κ1) is 13.9. The van der Waals surface area contributed by atoms with Crippen LogP contribution < -0.4 is 5.32 Å². The second kappa shape index (κ2) is 5.97. The van der Waals surface area contributed by atoms with Crippen molar-refractivity contribution >= 4 is 11.9 Å². The molecule has 0 aromatic carbocycles. The Balaban J connectivity index is 2.45. The first-order chi connectivity index (χ1) is 7.98. The van der Waals surface area contributed by atoms with Crippen LogP contribution in [0.5, 0.6) is 0 Å². The van der Waals surface area contributed by atoms with E-state index in [0.717, 1.165) is 0 Å². The fourth-order valence-electron chi connectivity index (χ4n) is 1.82. The van der Waals surface area contributed by atoms with Crippen molar-refractivity contribution in [3.8, 4) is 0 Å². The molecule has 0 radical (unpaired) electrons. The molecule has 0 aliphatic carbocycles. The highest BCUT2D eigenvalue weighted by atomic mass is 16.5. The number of nitrogens with zero attached hydrogens (tertiary/aromatic N) is 1. The summed E-state index contributed by atoms with van der Waals surface area (Å²) < 4.78 is 5.16. The lowest BCUT2D eigenvalue weighted by atomic mass is 9.90. The summed E-state index contributed by atoms with van der Waals surface area (Å²) in [5, 5.41) is 12.2. The number of hydrogen-bond donors (Lipinski definition) is 2. The normalized spacial score (nSPS) is 18.7. The fourth-order valence-corrected chi connectivity index (χ4v) is 1.82. The molecule has 1 amide bonds. The van der Waals surface area contributed by atoms with E-state index < -0.39 is 11.5 Å². The van der Waals surface area contributed by atoms with Crippen molar-refractivity contribution < 1.29 is 19.4 Å². The number of carbonyl (C=O) groups is 2. The Morgan fingerprint density at radius 2 is 1.94 bits per heavy atom. The molecule has 0 bridgehead atoms. The van der Waals surface area contributed by atoms with Gasteiger partial charge in [-0.3, -0.25) is 9.59 Å². The van der Waals surface area contributed by atoms with Gasteiger partial charge >= 0.3 is 5.97 Å². The SMILES string of the molecule is CN(C)C(=O)CCNC1(C(=O)O)CCOCC1. The van der Waals surface area contributed by atoms with Gasteiger partial charge in [-0.25, -0.2) is 0 Å². The van der Waals surface area contributed by atoms with E-state index in [4.69, 9.17) is 4.74 Å². The predicted octanol–water partition coefficient (Wildman–Crippen LogP) is -0.312. The van der Waals surface area contributed by atoms with Gasteiger partial charge in [0, 0.05) is 40.3 Å². The Morgan fingerprint density at radius 3 is 2.41 bits per heavy atom. The van der Waals surface area contributed by atoms with Gasteiger partial charge in [0.25, 0.3) is 0 Å². The molecule has 1 fully saturated rings. The quantitative estimate of drug-likeness (QED) is 0.693. The molecule has 1 aliphatic heterocycles. The third kappa shape index (κ3) is 3.67. The van der Waals surface area contributed by atoms with Crippen molar-refractivity contribution in [1.82, 2.24) is 10.2 Å². The van der Waals surface area contributed by atoms with Gasteiger partial charge in [0.2, 0.25) is 5.91 Å². The molecule has 0 unspecified atom stereocenters. The Labute approximate surface area is 101 Å². The van der Waals surface area contributed by atoms with E-state index in [1.165, 1.54) is 4.90 Å².